The van der Waals surface area contributed by atoms with Gasteiger partial charge in [0, 0.05) is 22.1 Å². The zero-order chi connectivity index (χ0) is 14.1. The second kappa shape index (κ2) is 5.77. The summed E-state index contributed by atoms with van der Waals surface area (Å²) in [6.07, 6.45) is 2.11. The number of benzene rings is 2. The van der Waals surface area contributed by atoms with E-state index in [-0.39, 0.29) is 0 Å². The first-order chi connectivity index (χ1) is 9.61. The molecular weight excluding hydrogens is 289 g/mol. The first-order valence-corrected chi connectivity index (χ1v) is 7.66. The van der Waals surface area contributed by atoms with E-state index in [0.29, 0.717) is 12.1 Å². The second-order valence-electron chi connectivity index (χ2n) is 5.46. The summed E-state index contributed by atoms with van der Waals surface area (Å²) >= 11 is 12.1. The van der Waals surface area contributed by atoms with Gasteiger partial charge in [0.2, 0.25) is 0 Å². The Morgan fingerprint density at radius 1 is 1.00 bits per heavy atom. The van der Waals surface area contributed by atoms with Gasteiger partial charge in [-0.3, -0.25) is 0 Å². The van der Waals surface area contributed by atoms with Crippen molar-refractivity contribution in [3.8, 4) is 0 Å². The van der Waals surface area contributed by atoms with E-state index in [2.05, 4.69) is 30.4 Å². The molecule has 0 spiro atoms. The number of hydrogen-bond acceptors (Lipinski definition) is 1. The van der Waals surface area contributed by atoms with Crippen molar-refractivity contribution in [2.75, 3.05) is 0 Å². The van der Waals surface area contributed by atoms with Gasteiger partial charge in [0.25, 0.3) is 0 Å². The van der Waals surface area contributed by atoms with Crippen molar-refractivity contribution in [1.82, 2.24) is 5.32 Å². The van der Waals surface area contributed by atoms with Gasteiger partial charge in [0.15, 0.2) is 0 Å². The van der Waals surface area contributed by atoms with Gasteiger partial charge in [-0.05, 0) is 60.7 Å². The Morgan fingerprint density at radius 2 is 1.75 bits per heavy atom. The van der Waals surface area contributed by atoms with Gasteiger partial charge in [-0.15, -0.1) is 0 Å². The fourth-order valence-electron chi connectivity index (χ4n) is 2.93. The number of halogens is 2. The quantitative estimate of drug-likeness (QED) is 0.858. The largest absolute Gasteiger partial charge is 0.307 e. The van der Waals surface area contributed by atoms with Crippen LogP contribution in [0.4, 0.5) is 0 Å². The van der Waals surface area contributed by atoms with E-state index in [1.165, 1.54) is 16.7 Å². The summed E-state index contributed by atoms with van der Waals surface area (Å²) in [5.74, 6) is 0. The topological polar surface area (TPSA) is 12.0 Å². The molecule has 0 aliphatic heterocycles. The highest BCUT2D eigenvalue weighted by molar-refractivity contribution is 6.30. The average molecular weight is 306 g/mol. The SMILES string of the molecule is C[C@H](NC1Cc2ccc(Cl)cc2C1)c1cccc(Cl)c1. The zero-order valence-electron chi connectivity index (χ0n) is 11.4. The van der Waals surface area contributed by atoms with Crippen LogP contribution in [0.2, 0.25) is 10.0 Å². The van der Waals surface area contributed by atoms with E-state index >= 15 is 0 Å². The van der Waals surface area contributed by atoms with Gasteiger partial charge in [-0.25, -0.2) is 0 Å². The molecule has 1 N–H and O–H groups in total. The van der Waals surface area contributed by atoms with Crippen molar-refractivity contribution in [2.24, 2.45) is 0 Å². The summed E-state index contributed by atoms with van der Waals surface area (Å²) in [6.45, 7) is 2.18. The maximum atomic E-state index is 6.06. The predicted octanol–water partition coefficient (Wildman–Crippen LogP) is 4.81. The first-order valence-electron chi connectivity index (χ1n) is 6.90. The summed E-state index contributed by atoms with van der Waals surface area (Å²) in [4.78, 5) is 0. The van der Waals surface area contributed by atoms with Gasteiger partial charge in [-0.1, -0.05) is 41.4 Å². The molecule has 0 aromatic heterocycles. The van der Waals surface area contributed by atoms with Crippen molar-refractivity contribution < 1.29 is 0 Å². The fraction of sp³-hybridized carbons (Fsp3) is 0.294. The Morgan fingerprint density at radius 3 is 2.55 bits per heavy atom. The number of hydrogen-bond donors (Lipinski definition) is 1. The Balaban J connectivity index is 1.68. The summed E-state index contributed by atoms with van der Waals surface area (Å²) in [6, 6.07) is 15.0. The second-order valence-corrected chi connectivity index (χ2v) is 6.33. The normalized spacial score (nSPS) is 18.9. The molecular formula is C17H17Cl2N. The lowest BCUT2D eigenvalue weighted by Gasteiger charge is -2.19. The smallest absolute Gasteiger partial charge is 0.0409 e. The Hall–Kier alpha value is -1.02. The van der Waals surface area contributed by atoms with E-state index in [1.54, 1.807) is 0 Å². The van der Waals surface area contributed by atoms with Crippen LogP contribution < -0.4 is 5.32 Å². The van der Waals surface area contributed by atoms with E-state index in [0.717, 1.165) is 22.9 Å². The molecule has 2 atom stereocenters. The van der Waals surface area contributed by atoms with Crippen LogP contribution in [-0.4, -0.2) is 6.04 Å². The molecule has 3 rings (SSSR count). The summed E-state index contributed by atoms with van der Waals surface area (Å²) in [5.41, 5.74) is 4.00. The molecule has 0 radical (unpaired) electrons. The van der Waals surface area contributed by atoms with Crippen LogP contribution in [0.25, 0.3) is 0 Å². The maximum absolute atomic E-state index is 6.06. The van der Waals surface area contributed by atoms with Crippen LogP contribution in [0.5, 0.6) is 0 Å². The number of rotatable bonds is 3. The van der Waals surface area contributed by atoms with Gasteiger partial charge >= 0.3 is 0 Å². The van der Waals surface area contributed by atoms with Crippen LogP contribution in [0.15, 0.2) is 42.5 Å². The van der Waals surface area contributed by atoms with Crippen LogP contribution in [0, 0.1) is 0 Å². The third kappa shape index (κ3) is 3.01. The minimum absolute atomic E-state index is 0.295. The molecule has 0 bridgehead atoms. The molecule has 3 heteroatoms. The highest BCUT2D eigenvalue weighted by atomic mass is 35.5. The molecule has 2 aromatic carbocycles. The highest BCUT2D eigenvalue weighted by Crippen LogP contribution is 2.27. The Kier molecular flexibility index (Phi) is 4.02. The van der Waals surface area contributed by atoms with Crippen molar-refractivity contribution in [1.29, 1.82) is 0 Å². The monoisotopic (exact) mass is 305 g/mol. The summed E-state index contributed by atoms with van der Waals surface area (Å²) in [7, 11) is 0. The Labute approximate surface area is 129 Å². The fourth-order valence-corrected chi connectivity index (χ4v) is 3.32. The molecule has 0 saturated heterocycles. The lowest BCUT2D eigenvalue weighted by atomic mass is 10.1. The maximum Gasteiger partial charge on any atom is 0.0409 e. The van der Waals surface area contributed by atoms with E-state index in [9.17, 15) is 0 Å². The molecule has 1 nitrogen and oxygen atoms in total. The number of nitrogens with one attached hydrogen (secondary N) is 1. The van der Waals surface area contributed by atoms with Crippen molar-refractivity contribution in [2.45, 2.75) is 31.8 Å². The molecule has 0 heterocycles. The molecule has 2 aromatic rings. The van der Waals surface area contributed by atoms with Gasteiger partial charge in [-0.2, -0.15) is 0 Å². The third-order valence-corrected chi connectivity index (χ3v) is 4.41. The van der Waals surface area contributed by atoms with Crippen molar-refractivity contribution >= 4 is 23.2 Å². The molecule has 1 unspecified atom stereocenters. The predicted molar refractivity (Wildman–Crippen MR) is 85.7 cm³/mol. The summed E-state index contributed by atoms with van der Waals surface area (Å²) in [5, 5.41) is 5.30. The van der Waals surface area contributed by atoms with Crippen LogP contribution in [-0.2, 0) is 12.8 Å². The standard InChI is InChI=1S/C17H17Cl2N/c1-11(12-3-2-4-15(18)7-12)20-17-9-13-5-6-16(19)8-14(13)10-17/h2-8,11,17,20H,9-10H2,1H3/t11-,17?/m0/s1. The van der Waals surface area contributed by atoms with Crippen LogP contribution in [0.1, 0.15) is 29.7 Å². The van der Waals surface area contributed by atoms with Crippen molar-refractivity contribution in [3.63, 3.8) is 0 Å². The van der Waals surface area contributed by atoms with Gasteiger partial charge < -0.3 is 5.32 Å². The van der Waals surface area contributed by atoms with Gasteiger partial charge in [0.05, 0.1) is 0 Å². The molecule has 1 aliphatic carbocycles. The third-order valence-electron chi connectivity index (χ3n) is 3.94. The lowest BCUT2D eigenvalue weighted by molar-refractivity contribution is 0.467. The number of fused-ring (bicyclic) bond motifs is 1. The average Bonchev–Trinajstić information content (AvgIpc) is 2.80. The molecule has 20 heavy (non-hydrogen) atoms. The molecule has 104 valence electrons. The Bertz CT molecular complexity index is 624. The lowest BCUT2D eigenvalue weighted by Crippen LogP contribution is -2.32. The van der Waals surface area contributed by atoms with E-state index in [1.807, 2.05) is 24.3 Å². The van der Waals surface area contributed by atoms with Crippen LogP contribution >= 0.6 is 23.2 Å². The van der Waals surface area contributed by atoms with Crippen molar-refractivity contribution in [3.05, 3.63) is 69.2 Å². The van der Waals surface area contributed by atoms with E-state index < -0.39 is 0 Å². The molecule has 0 saturated carbocycles. The summed E-state index contributed by atoms with van der Waals surface area (Å²) < 4.78 is 0. The van der Waals surface area contributed by atoms with E-state index in [4.69, 9.17) is 23.2 Å². The first kappa shape index (κ1) is 13.9. The van der Waals surface area contributed by atoms with Crippen LogP contribution in [0.3, 0.4) is 0 Å². The molecule has 0 fully saturated rings. The minimum atomic E-state index is 0.295. The molecule has 0 amide bonds. The highest BCUT2D eigenvalue weighted by Gasteiger charge is 2.23. The van der Waals surface area contributed by atoms with Gasteiger partial charge in [0.1, 0.15) is 0 Å². The minimum Gasteiger partial charge on any atom is -0.307 e. The zero-order valence-corrected chi connectivity index (χ0v) is 12.9. The molecule has 1 aliphatic rings.